The van der Waals surface area contributed by atoms with Gasteiger partial charge >= 0.3 is 0 Å². The van der Waals surface area contributed by atoms with Crippen molar-refractivity contribution < 1.29 is 8.78 Å². The van der Waals surface area contributed by atoms with Gasteiger partial charge in [0.05, 0.1) is 5.69 Å². The first-order valence-corrected chi connectivity index (χ1v) is 6.52. The minimum atomic E-state index is -0.864. The predicted octanol–water partition coefficient (Wildman–Crippen LogP) is 3.17. The molecule has 0 spiro atoms. The third-order valence-corrected chi connectivity index (χ3v) is 3.34. The Labute approximate surface area is 120 Å². The quantitative estimate of drug-likeness (QED) is 0.805. The lowest BCUT2D eigenvalue weighted by Gasteiger charge is -2.07. The number of rotatable bonds is 3. The van der Waals surface area contributed by atoms with E-state index in [2.05, 4.69) is 15.4 Å². The van der Waals surface area contributed by atoms with Crippen LogP contribution >= 0.6 is 0 Å². The zero-order valence-corrected chi connectivity index (χ0v) is 11.7. The molecule has 6 heteroatoms. The minimum absolute atomic E-state index is 0.475. The molecule has 0 radical (unpaired) electrons. The number of aromatic nitrogens is 3. The van der Waals surface area contributed by atoms with Gasteiger partial charge in [0.25, 0.3) is 0 Å². The van der Waals surface area contributed by atoms with Crippen molar-refractivity contribution in [1.82, 2.24) is 14.8 Å². The Bertz CT molecular complexity index is 811. The maximum absolute atomic E-state index is 13.1. The average Bonchev–Trinajstić information content (AvgIpc) is 2.75. The van der Waals surface area contributed by atoms with Crippen molar-refractivity contribution >= 4 is 16.7 Å². The summed E-state index contributed by atoms with van der Waals surface area (Å²) in [7, 11) is 1.85. The molecule has 0 saturated heterocycles. The van der Waals surface area contributed by atoms with Crippen molar-refractivity contribution in [3.8, 4) is 0 Å². The van der Waals surface area contributed by atoms with Gasteiger partial charge in [-0.25, -0.2) is 13.8 Å². The lowest BCUT2D eigenvalue weighted by atomic mass is 10.2. The molecule has 0 atom stereocenters. The molecule has 4 nitrogen and oxygen atoms in total. The van der Waals surface area contributed by atoms with Gasteiger partial charge in [-0.05, 0) is 30.7 Å². The van der Waals surface area contributed by atoms with Crippen LogP contribution in [0.4, 0.5) is 14.5 Å². The summed E-state index contributed by atoms with van der Waals surface area (Å²) < 4.78 is 27.7. The molecule has 3 rings (SSSR count). The van der Waals surface area contributed by atoms with Gasteiger partial charge in [0.2, 0.25) is 0 Å². The zero-order valence-electron chi connectivity index (χ0n) is 11.7. The molecule has 2 heterocycles. The maximum atomic E-state index is 13.1. The van der Waals surface area contributed by atoms with E-state index >= 15 is 0 Å². The Balaban J connectivity index is 1.81. The van der Waals surface area contributed by atoms with Gasteiger partial charge in [-0.15, -0.1) is 0 Å². The van der Waals surface area contributed by atoms with Gasteiger partial charge in [0.15, 0.2) is 17.3 Å². The van der Waals surface area contributed by atoms with Crippen molar-refractivity contribution in [2.75, 3.05) is 5.32 Å². The second-order valence-electron chi connectivity index (χ2n) is 4.91. The van der Waals surface area contributed by atoms with Gasteiger partial charge in [-0.3, -0.25) is 4.68 Å². The highest BCUT2D eigenvalue weighted by atomic mass is 19.2. The second-order valence-corrected chi connectivity index (χ2v) is 4.91. The van der Waals surface area contributed by atoms with E-state index in [1.165, 1.54) is 6.07 Å². The lowest BCUT2D eigenvalue weighted by molar-refractivity contribution is 0.509. The van der Waals surface area contributed by atoms with Crippen LogP contribution in [0.3, 0.4) is 0 Å². The van der Waals surface area contributed by atoms with E-state index in [1.807, 2.05) is 20.0 Å². The average molecular weight is 288 g/mol. The number of pyridine rings is 1. The highest BCUT2D eigenvalue weighted by Crippen LogP contribution is 2.18. The summed E-state index contributed by atoms with van der Waals surface area (Å²) >= 11 is 0. The summed E-state index contributed by atoms with van der Waals surface area (Å²) in [5, 5.41) is 8.35. The number of nitrogens with zero attached hydrogens (tertiary/aromatic N) is 3. The van der Waals surface area contributed by atoms with E-state index in [1.54, 1.807) is 10.9 Å². The smallest absolute Gasteiger partial charge is 0.160 e. The molecule has 21 heavy (non-hydrogen) atoms. The van der Waals surface area contributed by atoms with Crippen molar-refractivity contribution in [3.63, 3.8) is 0 Å². The monoisotopic (exact) mass is 288 g/mol. The molecule has 1 N–H and O–H groups in total. The molecule has 0 aliphatic carbocycles. The highest BCUT2D eigenvalue weighted by Gasteiger charge is 2.07. The van der Waals surface area contributed by atoms with E-state index in [0.717, 1.165) is 34.4 Å². The van der Waals surface area contributed by atoms with Gasteiger partial charge in [0.1, 0.15) is 0 Å². The number of fused-ring (bicyclic) bond motifs is 1. The first-order valence-electron chi connectivity index (χ1n) is 6.52. The number of hydrogen-bond donors (Lipinski definition) is 1. The lowest BCUT2D eigenvalue weighted by Crippen LogP contribution is -2.01. The first-order chi connectivity index (χ1) is 10.0. The summed E-state index contributed by atoms with van der Waals surface area (Å²) in [6.07, 6.45) is 1.75. The molecule has 0 aliphatic heterocycles. The van der Waals surface area contributed by atoms with E-state index in [9.17, 15) is 8.78 Å². The Kier molecular flexibility index (Phi) is 3.29. The van der Waals surface area contributed by atoms with Crippen molar-refractivity contribution in [3.05, 3.63) is 53.4 Å². The molecule has 3 aromatic rings. The topological polar surface area (TPSA) is 42.7 Å². The summed E-state index contributed by atoms with van der Waals surface area (Å²) in [5.41, 5.74) is 3.21. The molecule has 0 fully saturated rings. The molecule has 0 saturated carbocycles. The number of hydrogen-bond acceptors (Lipinski definition) is 3. The number of anilines is 1. The van der Waals surface area contributed by atoms with Crippen molar-refractivity contribution in [2.45, 2.75) is 13.5 Å². The molecule has 0 bridgehead atoms. The summed E-state index contributed by atoms with van der Waals surface area (Å²) in [4.78, 5) is 4.37. The SMILES string of the molecule is Cc1nn(C)c2ncc(CNc3ccc(F)c(F)c3)cc12. The Hall–Kier alpha value is -2.50. The van der Waals surface area contributed by atoms with Gasteiger partial charge in [-0.1, -0.05) is 0 Å². The van der Waals surface area contributed by atoms with Gasteiger partial charge < -0.3 is 5.32 Å². The third kappa shape index (κ3) is 2.56. The minimum Gasteiger partial charge on any atom is -0.381 e. The largest absolute Gasteiger partial charge is 0.381 e. The van der Waals surface area contributed by atoms with E-state index in [4.69, 9.17) is 0 Å². The van der Waals surface area contributed by atoms with Crippen molar-refractivity contribution in [1.29, 1.82) is 0 Å². The van der Waals surface area contributed by atoms with Crippen LogP contribution in [0.1, 0.15) is 11.3 Å². The van der Waals surface area contributed by atoms with E-state index in [0.29, 0.717) is 12.2 Å². The summed E-state index contributed by atoms with van der Waals surface area (Å²) in [6, 6.07) is 5.73. The van der Waals surface area contributed by atoms with Gasteiger partial charge in [-0.2, -0.15) is 5.10 Å². The molecule has 2 aromatic heterocycles. The first kappa shape index (κ1) is 13.5. The number of benzene rings is 1. The molecule has 1 aromatic carbocycles. The maximum Gasteiger partial charge on any atom is 0.160 e. The van der Waals surface area contributed by atoms with Crippen LogP contribution in [0.25, 0.3) is 11.0 Å². The predicted molar refractivity (Wildman–Crippen MR) is 76.9 cm³/mol. The van der Waals surface area contributed by atoms with Crippen LogP contribution < -0.4 is 5.32 Å². The number of halogens is 2. The van der Waals surface area contributed by atoms with Crippen molar-refractivity contribution in [2.24, 2.45) is 7.05 Å². The number of nitrogens with one attached hydrogen (secondary N) is 1. The van der Waals surface area contributed by atoms with E-state index in [-0.39, 0.29) is 0 Å². The fourth-order valence-corrected chi connectivity index (χ4v) is 2.26. The van der Waals surface area contributed by atoms with E-state index < -0.39 is 11.6 Å². The summed E-state index contributed by atoms with van der Waals surface area (Å²) in [5.74, 6) is -1.72. The van der Waals surface area contributed by atoms with Gasteiger partial charge in [0, 0.05) is 36.9 Å². The van der Waals surface area contributed by atoms with Crippen LogP contribution in [0.15, 0.2) is 30.5 Å². The van der Waals surface area contributed by atoms with Crippen LogP contribution in [-0.2, 0) is 13.6 Å². The Morgan fingerprint density at radius 1 is 1.19 bits per heavy atom. The highest BCUT2D eigenvalue weighted by molar-refractivity contribution is 5.78. The normalized spacial score (nSPS) is 11.0. The zero-order chi connectivity index (χ0) is 15.0. The van der Waals surface area contributed by atoms with Crippen LogP contribution in [0, 0.1) is 18.6 Å². The third-order valence-electron chi connectivity index (χ3n) is 3.34. The van der Waals surface area contributed by atoms with Crippen LogP contribution in [-0.4, -0.2) is 14.8 Å². The Morgan fingerprint density at radius 3 is 2.76 bits per heavy atom. The molecule has 108 valence electrons. The fourth-order valence-electron chi connectivity index (χ4n) is 2.26. The summed E-state index contributed by atoms with van der Waals surface area (Å²) in [6.45, 7) is 2.40. The molecular weight excluding hydrogens is 274 g/mol. The van der Waals surface area contributed by atoms with Crippen LogP contribution in [0.2, 0.25) is 0 Å². The standard InChI is InChI=1S/C15H14F2N4/c1-9-12-5-10(8-19-15(12)21(2)20-9)7-18-11-3-4-13(16)14(17)6-11/h3-6,8,18H,7H2,1-2H3. The Morgan fingerprint density at radius 2 is 2.00 bits per heavy atom. The molecule has 0 unspecified atom stereocenters. The number of aryl methyl sites for hydroxylation is 2. The molecule has 0 aliphatic rings. The molecule has 0 amide bonds. The second kappa shape index (κ2) is 5.12. The van der Waals surface area contributed by atoms with Crippen LogP contribution in [0.5, 0.6) is 0 Å². The fraction of sp³-hybridized carbons (Fsp3) is 0.200. The molecular formula is C15H14F2N4.